The Kier molecular flexibility index (Phi) is 32.2. The van der Waals surface area contributed by atoms with Gasteiger partial charge in [0.05, 0.1) is 16.6 Å². The number of rotatable bonds is 19. The molecule has 0 aliphatic carbocycles. The first-order chi connectivity index (χ1) is 39.8. The summed E-state index contributed by atoms with van der Waals surface area (Å²) in [7, 11) is 0. The van der Waals surface area contributed by atoms with E-state index in [9.17, 15) is 28.8 Å². The lowest BCUT2D eigenvalue weighted by Crippen LogP contribution is -2.57. The van der Waals surface area contributed by atoms with Gasteiger partial charge in [0.25, 0.3) is 12.9 Å². The maximum absolute atomic E-state index is 12.1. The van der Waals surface area contributed by atoms with Crippen molar-refractivity contribution in [2.24, 2.45) is 45.9 Å². The third-order valence-electron chi connectivity index (χ3n) is 12.6. The number of phenols is 2. The van der Waals surface area contributed by atoms with E-state index in [1.54, 1.807) is 57.2 Å². The highest BCUT2D eigenvalue weighted by atomic mass is 16.4. The van der Waals surface area contributed by atoms with Gasteiger partial charge >= 0.3 is 11.9 Å². The summed E-state index contributed by atoms with van der Waals surface area (Å²) in [5, 5.41) is 52.4. The van der Waals surface area contributed by atoms with Crippen molar-refractivity contribution in [3.05, 3.63) is 202 Å². The predicted molar refractivity (Wildman–Crippen MR) is 329 cm³/mol. The fourth-order valence-electron chi connectivity index (χ4n) is 7.27. The fraction of sp³-hybridized carbons (Fsp3) is 0.302. The van der Waals surface area contributed by atoms with Crippen LogP contribution in [0.2, 0.25) is 0 Å². The molecule has 0 spiro atoms. The molecule has 6 atom stereocenters. The third kappa shape index (κ3) is 29.6. The van der Waals surface area contributed by atoms with Crippen LogP contribution in [-0.2, 0) is 70.5 Å². The molecule has 23 heteroatoms. The second kappa shape index (κ2) is 36.2. The number of amides is 4. The summed E-state index contributed by atoms with van der Waals surface area (Å²) in [4.78, 5) is 84.1. The number of aliphatic carboxylic acids is 2. The van der Waals surface area contributed by atoms with Gasteiger partial charge in [0.2, 0.25) is 23.6 Å². The van der Waals surface area contributed by atoms with Crippen LogP contribution in [0.5, 0.6) is 11.5 Å². The third-order valence-corrected chi connectivity index (χ3v) is 12.6. The number of phenolic OH excluding ortho intramolecular Hbond substituents is 2. The quantitative estimate of drug-likeness (QED) is 0.0510. The summed E-state index contributed by atoms with van der Waals surface area (Å²) in [6.45, 7) is 13.4. The Morgan fingerprint density at radius 2 is 0.663 bits per heavy atom. The van der Waals surface area contributed by atoms with Gasteiger partial charge in [-0.3, -0.25) is 43.7 Å². The summed E-state index contributed by atoms with van der Waals surface area (Å²) in [6, 6.07) is 44.6. The Labute approximate surface area is 501 Å². The molecule has 0 unspecified atom stereocenters. The van der Waals surface area contributed by atoms with Crippen LogP contribution in [0.15, 0.2) is 152 Å². The normalized spacial score (nSPS) is 14.0. The lowest BCUT2D eigenvalue weighted by atomic mass is 9.89. The molecule has 86 heavy (non-hydrogen) atoms. The van der Waals surface area contributed by atoms with Crippen LogP contribution >= 0.6 is 0 Å². The molecule has 6 aromatic rings. The monoisotopic (exact) mass is 1190 g/mol. The topological polar surface area (TPSA) is 478 Å². The van der Waals surface area contributed by atoms with Crippen molar-refractivity contribution in [1.29, 1.82) is 0 Å². The molecule has 6 rings (SSSR count). The van der Waals surface area contributed by atoms with Crippen molar-refractivity contribution in [3.63, 3.8) is 0 Å². The highest BCUT2D eigenvalue weighted by Crippen LogP contribution is 2.22. The van der Waals surface area contributed by atoms with Crippen molar-refractivity contribution >= 4 is 48.5 Å². The van der Waals surface area contributed by atoms with E-state index in [1.807, 2.05) is 112 Å². The molecule has 0 saturated carbocycles. The van der Waals surface area contributed by atoms with Gasteiger partial charge in [-0.15, -0.1) is 0 Å². The number of nitrogens with one attached hydrogen (secondary N) is 1. The van der Waals surface area contributed by atoms with Gasteiger partial charge in [-0.05, 0) is 132 Å². The molecule has 4 amide bonds. The molecule has 466 valence electrons. The zero-order chi connectivity index (χ0) is 66.2. The number of benzene rings is 6. The van der Waals surface area contributed by atoms with Gasteiger partial charge in [-0.25, -0.2) is 0 Å². The predicted octanol–water partition coefficient (Wildman–Crippen LogP) is 3.95. The maximum atomic E-state index is 12.1. The van der Waals surface area contributed by atoms with Crippen LogP contribution in [0, 0.1) is 20.8 Å². The highest BCUT2D eigenvalue weighted by Gasteiger charge is 2.36. The Bertz CT molecular complexity index is 2780. The van der Waals surface area contributed by atoms with E-state index in [0.29, 0.717) is 24.8 Å². The number of hydrogen-bond donors (Lipinski definition) is 15. The van der Waals surface area contributed by atoms with Crippen LogP contribution in [0.1, 0.15) is 90.7 Å². The summed E-state index contributed by atoms with van der Waals surface area (Å²) in [5.41, 5.74) is 47.4. The first-order valence-corrected chi connectivity index (χ1v) is 26.3. The SMILES string of the molecule is C[C@@](N)(Cc1ccc(O)cc1)C(=O)O.C[C@@](N)(Cc1ccc(O)cc1)C(=O)O.Cc1ccc(C[C@@](C)(N)C(N)=O)cc1.Cc1ccc(C[C@@](C)(N)C(N)=O)cc1.Cc1ccc(C[C@@](C)(N[C@H](C(N)=O)c2ccccc2)C(N)=O)cc1.O=CO.O=CO. The van der Waals surface area contributed by atoms with Gasteiger partial charge in [0.1, 0.15) is 28.6 Å². The minimum absolute atomic E-state index is 0.155. The van der Waals surface area contributed by atoms with Crippen LogP contribution < -0.4 is 51.2 Å². The number of hydrogen-bond acceptors (Lipinski definition) is 15. The van der Waals surface area contributed by atoms with E-state index >= 15 is 0 Å². The number of carbonyl (C=O) groups excluding carboxylic acids is 4. The molecular formula is C63H85N9O14. The lowest BCUT2D eigenvalue weighted by Gasteiger charge is -2.31. The van der Waals surface area contributed by atoms with Crippen molar-refractivity contribution in [3.8, 4) is 11.5 Å². The molecule has 23 N–H and O–H groups in total. The highest BCUT2D eigenvalue weighted by molar-refractivity contribution is 5.87. The average Bonchev–Trinajstić information content (AvgIpc) is 3.27. The fourth-order valence-corrected chi connectivity index (χ4v) is 7.27. The Morgan fingerprint density at radius 1 is 0.419 bits per heavy atom. The standard InChI is InChI=1S/C19H23N3O2.2C11H16N2O.2C10H13NO3.2CH2O2/c1-13-8-10-14(11-9-13)12-19(2,18(21)24)22-16(17(20)23)15-6-4-3-5-7-15;2*1-8-3-5-9(6-4-8)7-11(2,13)10(12)14;2*1-10(11,9(13)14)6-7-2-4-8(12)5-3-7;2*2-1-3/h3-11,16,22H,12H2,1-2H3,(H2,20,23)(H2,21,24);2*3-6H,7,13H2,1-2H3,(H2,12,14);2*2-5,12H,6,11H2,1H3,(H,13,14);2*1H,(H,2,3)/t16-,19+;2*11-;2*10-;;/m01111../s1. The summed E-state index contributed by atoms with van der Waals surface area (Å²) >= 11 is 0. The lowest BCUT2D eigenvalue weighted by molar-refractivity contribution is -0.143. The average molecular weight is 1190 g/mol. The first kappa shape index (κ1) is 76.5. The van der Waals surface area contributed by atoms with Gasteiger partial charge in [-0.2, -0.15) is 0 Å². The zero-order valence-electron chi connectivity index (χ0n) is 49.8. The van der Waals surface area contributed by atoms with E-state index in [2.05, 4.69) is 5.32 Å². The molecule has 23 nitrogen and oxygen atoms in total. The Balaban J connectivity index is 0.00000104. The minimum atomic E-state index is -1.27. The van der Waals surface area contributed by atoms with Crippen molar-refractivity contribution in [2.45, 2.75) is 121 Å². The summed E-state index contributed by atoms with van der Waals surface area (Å²) < 4.78 is 0. The number of carboxylic acids is 2. The molecule has 0 saturated heterocycles. The largest absolute Gasteiger partial charge is 0.508 e. The molecule has 6 aromatic carbocycles. The Hall–Kier alpha value is -9.52. The molecule has 0 aromatic heterocycles. The number of primary amides is 4. The van der Waals surface area contributed by atoms with Crippen molar-refractivity contribution in [2.75, 3.05) is 0 Å². The number of carboxylic acid groups (broad SMARTS) is 4. The summed E-state index contributed by atoms with van der Waals surface area (Å²) in [6.07, 6.45) is 1.79. The second-order valence-electron chi connectivity index (χ2n) is 21.5. The molecule has 0 aliphatic rings. The minimum Gasteiger partial charge on any atom is -0.508 e. The van der Waals surface area contributed by atoms with E-state index in [0.717, 1.165) is 33.4 Å². The molecule has 0 radical (unpaired) electrons. The van der Waals surface area contributed by atoms with E-state index < -0.39 is 69.3 Å². The van der Waals surface area contributed by atoms with Gasteiger partial charge in [0.15, 0.2) is 0 Å². The maximum Gasteiger partial charge on any atom is 0.323 e. The molecule has 0 aliphatic heterocycles. The molecule has 0 fully saturated rings. The van der Waals surface area contributed by atoms with E-state index in [-0.39, 0.29) is 37.3 Å². The molecule has 0 heterocycles. The van der Waals surface area contributed by atoms with Crippen LogP contribution in [-0.4, -0.2) is 107 Å². The van der Waals surface area contributed by atoms with Crippen LogP contribution in [0.25, 0.3) is 0 Å². The van der Waals surface area contributed by atoms with Crippen molar-refractivity contribution in [1.82, 2.24) is 5.32 Å². The Morgan fingerprint density at radius 3 is 0.895 bits per heavy atom. The van der Waals surface area contributed by atoms with Crippen molar-refractivity contribution < 1.29 is 69.0 Å². The molecule has 0 bridgehead atoms. The number of aryl methyl sites for hydroxylation is 3. The van der Waals surface area contributed by atoms with Gasteiger partial charge in [0, 0.05) is 12.8 Å². The number of nitrogens with two attached hydrogens (primary N) is 8. The van der Waals surface area contributed by atoms with Gasteiger partial charge < -0.3 is 76.5 Å². The second-order valence-corrected chi connectivity index (χ2v) is 21.5. The van der Waals surface area contributed by atoms with Crippen LogP contribution in [0.4, 0.5) is 0 Å². The van der Waals surface area contributed by atoms with E-state index in [4.69, 9.17) is 86.1 Å². The summed E-state index contributed by atoms with van der Waals surface area (Å²) in [5.74, 6) is -3.80. The number of carbonyl (C=O) groups is 8. The van der Waals surface area contributed by atoms with Crippen LogP contribution in [0.3, 0.4) is 0 Å². The van der Waals surface area contributed by atoms with Gasteiger partial charge in [-0.1, -0.05) is 144 Å². The van der Waals surface area contributed by atoms with E-state index in [1.165, 1.54) is 49.2 Å². The first-order valence-electron chi connectivity index (χ1n) is 26.3. The molecular weight excluding hydrogens is 1110 g/mol. The smallest absolute Gasteiger partial charge is 0.323 e. The number of aromatic hydroxyl groups is 2. The zero-order valence-corrected chi connectivity index (χ0v) is 49.8.